The zero-order valence-electron chi connectivity index (χ0n) is 19.8. The minimum absolute atomic E-state index is 0. The molecule has 0 saturated heterocycles. The van der Waals surface area contributed by atoms with Crippen molar-refractivity contribution in [2.45, 2.75) is 45.0 Å². The molecule has 2 aromatic carbocycles. The number of hydrogen-bond acceptors (Lipinski definition) is 5. The second-order valence-electron chi connectivity index (χ2n) is 8.85. The first-order valence-corrected chi connectivity index (χ1v) is 10.9. The Morgan fingerprint density at radius 2 is 1.83 bits per heavy atom. The van der Waals surface area contributed by atoms with E-state index in [4.69, 9.17) is 9.26 Å². The Labute approximate surface area is 209 Å². The molecule has 1 heterocycles. The van der Waals surface area contributed by atoms with Crippen molar-refractivity contribution in [3.05, 3.63) is 82.7 Å². The molecule has 0 amide bonds. The van der Waals surface area contributed by atoms with Crippen LogP contribution in [0.4, 0.5) is 13.2 Å². The normalized spacial score (nSPS) is 13.0. The Balaban J connectivity index is 0.00000432. The lowest BCUT2D eigenvalue weighted by molar-refractivity contribution is -0.137. The average Bonchev–Trinajstić information content (AvgIpc) is 3.20. The highest BCUT2D eigenvalue weighted by atomic mass is 35.5. The van der Waals surface area contributed by atoms with Crippen molar-refractivity contribution < 1.29 is 27.5 Å². The summed E-state index contributed by atoms with van der Waals surface area (Å²) in [6, 6.07) is 14.5. The van der Waals surface area contributed by atoms with Crippen LogP contribution in [-0.4, -0.2) is 35.1 Å². The van der Waals surface area contributed by atoms with Gasteiger partial charge < -0.3 is 19.7 Å². The van der Waals surface area contributed by atoms with Crippen molar-refractivity contribution in [3.8, 4) is 5.75 Å². The third kappa shape index (κ3) is 9.05. The molecule has 0 fully saturated rings. The Bertz CT molecular complexity index is 1110. The molecule has 0 aliphatic heterocycles. The summed E-state index contributed by atoms with van der Waals surface area (Å²) < 4.78 is 49.9. The Morgan fingerprint density at radius 1 is 1.09 bits per heavy atom. The van der Waals surface area contributed by atoms with Gasteiger partial charge in [0.2, 0.25) is 0 Å². The smallest absolute Gasteiger partial charge is 0.416 e. The van der Waals surface area contributed by atoms with Crippen LogP contribution in [-0.2, 0) is 12.6 Å². The number of aliphatic hydroxyl groups excluding tert-OH is 1. The highest BCUT2D eigenvalue weighted by molar-refractivity contribution is 5.85. The number of ether oxygens (including phenoxy) is 1. The number of nitrogens with one attached hydrogen (secondary N) is 1. The van der Waals surface area contributed by atoms with E-state index in [1.807, 2.05) is 57.2 Å². The molecule has 0 aliphatic rings. The molecule has 5 nitrogen and oxygen atoms in total. The Morgan fingerprint density at radius 3 is 2.51 bits per heavy atom. The highest BCUT2D eigenvalue weighted by Crippen LogP contribution is 2.30. The van der Waals surface area contributed by atoms with Crippen molar-refractivity contribution in [2.24, 2.45) is 0 Å². The van der Waals surface area contributed by atoms with Crippen LogP contribution in [0.5, 0.6) is 5.75 Å². The number of benzene rings is 2. The van der Waals surface area contributed by atoms with Gasteiger partial charge in [-0.1, -0.05) is 41.6 Å². The summed E-state index contributed by atoms with van der Waals surface area (Å²) >= 11 is 0. The van der Waals surface area contributed by atoms with E-state index in [-0.39, 0.29) is 25.6 Å². The van der Waals surface area contributed by atoms with Crippen molar-refractivity contribution in [2.75, 3.05) is 13.2 Å². The molecule has 2 N–H and O–H groups in total. The lowest BCUT2D eigenvalue weighted by Crippen LogP contribution is -2.46. The second-order valence-corrected chi connectivity index (χ2v) is 8.85. The summed E-state index contributed by atoms with van der Waals surface area (Å²) in [5, 5.41) is 17.5. The van der Waals surface area contributed by atoms with Gasteiger partial charge in [0.05, 0.1) is 11.3 Å². The maximum atomic E-state index is 13.0. The molecule has 0 aliphatic carbocycles. The molecular formula is C26H30ClF3N2O3. The van der Waals surface area contributed by atoms with E-state index in [9.17, 15) is 18.3 Å². The van der Waals surface area contributed by atoms with Gasteiger partial charge in [-0.15, -0.1) is 12.4 Å². The first kappa shape index (κ1) is 28.4. The van der Waals surface area contributed by atoms with Crippen molar-refractivity contribution in [1.29, 1.82) is 0 Å². The molecule has 1 aromatic heterocycles. The number of aryl methyl sites for hydroxylation is 1. The predicted octanol–water partition coefficient (Wildman–Crippen LogP) is 5.94. The molecule has 9 heteroatoms. The number of aliphatic hydroxyl groups is 1. The van der Waals surface area contributed by atoms with Crippen molar-refractivity contribution in [1.82, 2.24) is 10.5 Å². The minimum atomic E-state index is -4.37. The Hall–Kier alpha value is -2.81. The molecule has 3 aromatic rings. The standard InChI is InChI=1S/C26H29F3N2O3.ClH/c1-18-13-23(34-31-18)12-11-20-8-4-5-10-24(20)33-17-22(32)16-30-25(2,3)15-19-7-6-9-21(14-19)26(27,28)29;/h4-14,22,30,32H,15-17H2,1-3H3;1H. The van der Waals surface area contributed by atoms with Crippen LogP contribution >= 0.6 is 12.4 Å². The molecule has 3 rings (SSSR count). The minimum Gasteiger partial charge on any atom is -0.490 e. The van der Waals surface area contributed by atoms with Gasteiger partial charge in [-0.3, -0.25) is 0 Å². The summed E-state index contributed by atoms with van der Waals surface area (Å²) in [7, 11) is 0. The summed E-state index contributed by atoms with van der Waals surface area (Å²) in [6.45, 7) is 5.88. The predicted molar refractivity (Wildman–Crippen MR) is 133 cm³/mol. The molecule has 190 valence electrons. The van der Waals surface area contributed by atoms with Gasteiger partial charge in [0.1, 0.15) is 18.5 Å². The van der Waals surface area contributed by atoms with E-state index in [1.165, 1.54) is 6.07 Å². The third-order valence-corrected chi connectivity index (χ3v) is 5.14. The van der Waals surface area contributed by atoms with E-state index in [1.54, 1.807) is 12.1 Å². The van der Waals surface area contributed by atoms with Crippen LogP contribution in [0.15, 0.2) is 59.1 Å². The molecule has 0 bridgehead atoms. The lowest BCUT2D eigenvalue weighted by Gasteiger charge is -2.28. The zero-order chi connectivity index (χ0) is 24.8. The van der Waals surface area contributed by atoms with Gasteiger partial charge in [-0.05, 0) is 57.0 Å². The first-order chi connectivity index (χ1) is 16.0. The lowest BCUT2D eigenvalue weighted by atomic mass is 9.93. The van der Waals surface area contributed by atoms with Crippen LogP contribution in [0.2, 0.25) is 0 Å². The van der Waals surface area contributed by atoms with Gasteiger partial charge >= 0.3 is 6.18 Å². The van der Waals surface area contributed by atoms with E-state index in [0.29, 0.717) is 23.5 Å². The number of rotatable bonds is 10. The van der Waals surface area contributed by atoms with Crippen LogP contribution < -0.4 is 10.1 Å². The molecule has 35 heavy (non-hydrogen) atoms. The van der Waals surface area contributed by atoms with Crippen LogP contribution in [0.1, 0.15) is 42.0 Å². The van der Waals surface area contributed by atoms with E-state index < -0.39 is 23.4 Å². The number of β-amino-alcohol motifs (C(OH)–C–C–N with tert-alkyl or cyclic N) is 1. The number of para-hydroxylation sites is 1. The van der Waals surface area contributed by atoms with Gasteiger partial charge in [0, 0.05) is 23.7 Å². The summed E-state index contributed by atoms with van der Waals surface area (Å²) in [6.07, 6.45) is -1.18. The third-order valence-electron chi connectivity index (χ3n) is 5.14. The summed E-state index contributed by atoms with van der Waals surface area (Å²) in [5.41, 5.74) is 0.986. The fourth-order valence-corrected chi connectivity index (χ4v) is 3.45. The number of aromatic nitrogens is 1. The van der Waals surface area contributed by atoms with Gasteiger partial charge in [-0.2, -0.15) is 13.2 Å². The molecular weight excluding hydrogens is 481 g/mol. The summed E-state index contributed by atoms with van der Waals surface area (Å²) in [4.78, 5) is 0. The van der Waals surface area contributed by atoms with Crippen LogP contribution in [0, 0.1) is 6.92 Å². The number of alkyl halides is 3. The zero-order valence-corrected chi connectivity index (χ0v) is 20.6. The molecule has 0 spiro atoms. The van der Waals surface area contributed by atoms with Gasteiger partial charge in [-0.25, -0.2) is 0 Å². The SMILES string of the molecule is Cc1cc(C=Cc2ccccc2OCC(O)CNC(C)(C)Cc2cccc(C(F)(F)F)c2)on1.Cl. The van der Waals surface area contributed by atoms with Gasteiger partial charge in [0.15, 0.2) is 5.76 Å². The maximum Gasteiger partial charge on any atom is 0.416 e. The second kappa shape index (κ2) is 12.2. The quantitative estimate of drug-likeness (QED) is 0.353. The van der Waals surface area contributed by atoms with E-state index in [2.05, 4.69) is 10.5 Å². The van der Waals surface area contributed by atoms with Crippen molar-refractivity contribution >= 4 is 24.6 Å². The first-order valence-electron chi connectivity index (χ1n) is 10.9. The fourth-order valence-electron chi connectivity index (χ4n) is 3.45. The van der Waals surface area contributed by atoms with Crippen LogP contribution in [0.25, 0.3) is 12.2 Å². The van der Waals surface area contributed by atoms with Crippen LogP contribution in [0.3, 0.4) is 0 Å². The van der Waals surface area contributed by atoms with Crippen molar-refractivity contribution in [3.63, 3.8) is 0 Å². The largest absolute Gasteiger partial charge is 0.490 e. The van der Waals surface area contributed by atoms with E-state index >= 15 is 0 Å². The highest BCUT2D eigenvalue weighted by Gasteiger charge is 2.31. The number of nitrogens with zero attached hydrogens (tertiary/aromatic N) is 1. The molecule has 1 atom stereocenters. The molecule has 1 unspecified atom stereocenters. The number of halogens is 4. The van der Waals surface area contributed by atoms with E-state index in [0.717, 1.165) is 23.4 Å². The molecule has 0 radical (unpaired) electrons. The molecule has 0 saturated carbocycles. The fraction of sp³-hybridized carbons (Fsp3) is 0.346. The van der Waals surface area contributed by atoms with Gasteiger partial charge in [0.25, 0.3) is 0 Å². The topological polar surface area (TPSA) is 67.5 Å². The monoisotopic (exact) mass is 510 g/mol. The number of hydrogen-bond donors (Lipinski definition) is 2. The summed E-state index contributed by atoms with van der Waals surface area (Å²) in [5.74, 6) is 1.23. The Kier molecular flexibility index (Phi) is 9.94. The average molecular weight is 511 g/mol. The maximum absolute atomic E-state index is 13.0.